The number of benzene rings is 1. The second-order valence-corrected chi connectivity index (χ2v) is 6.88. The molecule has 0 saturated heterocycles. The van der Waals surface area contributed by atoms with Gasteiger partial charge in [-0.1, -0.05) is 13.8 Å². The normalized spacial score (nSPS) is 11.3. The summed E-state index contributed by atoms with van der Waals surface area (Å²) in [6.07, 6.45) is 1.78. The number of nitrogens with two attached hydrogens (primary N) is 1. The van der Waals surface area contributed by atoms with Crippen molar-refractivity contribution in [3.63, 3.8) is 0 Å². The van der Waals surface area contributed by atoms with Crippen molar-refractivity contribution in [3.8, 4) is 17.3 Å². The standard InChI is InChI=1S/C19H25N5O2/c1-11(2)9-21-19(25)13-10-23(3)16(17(13)26-5)18-22-14-8-12(20)6-7-15(14)24(18)4/h6-8,10-11H,9,20H2,1-5H3,(H,21,25). The fourth-order valence-corrected chi connectivity index (χ4v) is 3.05. The monoisotopic (exact) mass is 355 g/mol. The van der Waals surface area contributed by atoms with Crippen molar-refractivity contribution >= 4 is 22.6 Å². The summed E-state index contributed by atoms with van der Waals surface area (Å²) in [5.41, 5.74) is 9.55. The van der Waals surface area contributed by atoms with Crippen LogP contribution in [0.4, 0.5) is 5.69 Å². The smallest absolute Gasteiger partial charge is 0.256 e. The van der Waals surface area contributed by atoms with Crippen molar-refractivity contribution in [3.05, 3.63) is 30.0 Å². The van der Waals surface area contributed by atoms with E-state index < -0.39 is 0 Å². The zero-order valence-corrected chi connectivity index (χ0v) is 15.8. The van der Waals surface area contributed by atoms with E-state index in [4.69, 9.17) is 15.5 Å². The van der Waals surface area contributed by atoms with Crippen LogP contribution in [0, 0.1) is 5.92 Å². The summed E-state index contributed by atoms with van der Waals surface area (Å²) in [6, 6.07) is 5.62. The molecule has 26 heavy (non-hydrogen) atoms. The van der Waals surface area contributed by atoms with E-state index in [1.807, 2.05) is 41.4 Å². The molecule has 3 rings (SSSR count). The molecule has 0 aliphatic rings. The first kappa shape index (κ1) is 17.8. The molecule has 2 aromatic heterocycles. The molecule has 0 aliphatic heterocycles. The zero-order valence-electron chi connectivity index (χ0n) is 15.8. The van der Waals surface area contributed by atoms with Crippen LogP contribution in [-0.4, -0.2) is 33.7 Å². The van der Waals surface area contributed by atoms with Gasteiger partial charge in [0.15, 0.2) is 11.6 Å². The van der Waals surface area contributed by atoms with E-state index in [1.54, 1.807) is 13.3 Å². The number of aryl methyl sites for hydroxylation is 2. The van der Waals surface area contributed by atoms with E-state index in [1.165, 1.54) is 0 Å². The molecule has 0 unspecified atom stereocenters. The van der Waals surface area contributed by atoms with Crippen LogP contribution in [0.25, 0.3) is 22.6 Å². The lowest BCUT2D eigenvalue weighted by molar-refractivity contribution is 0.0946. The number of rotatable bonds is 5. The number of aromatic nitrogens is 3. The molecule has 7 heteroatoms. The highest BCUT2D eigenvalue weighted by molar-refractivity contribution is 5.99. The van der Waals surface area contributed by atoms with E-state index in [2.05, 4.69) is 19.2 Å². The second-order valence-electron chi connectivity index (χ2n) is 6.88. The van der Waals surface area contributed by atoms with Crippen LogP contribution in [0.3, 0.4) is 0 Å². The fraction of sp³-hybridized carbons (Fsp3) is 0.368. The number of carbonyl (C=O) groups is 1. The van der Waals surface area contributed by atoms with Gasteiger partial charge in [-0.05, 0) is 24.1 Å². The molecule has 3 aromatic rings. The predicted octanol–water partition coefficient (Wildman–Crippen LogP) is 2.56. The Kier molecular flexibility index (Phi) is 4.63. The number of ether oxygens (including phenoxy) is 1. The van der Waals surface area contributed by atoms with Gasteiger partial charge in [0.25, 0.3) is 5.91 Å². The van der Waals surface area contributed by atoms with Gasteiger partial charge in [-0.3, -0.25) is 4.79 Å². The summed E-state index contributed by atoms with van der Waals surface area (Å²) in [5.74, 6) is 1.45. The largest absolute Gasteiger partial charge is 0.494 e. The molecule has 1 amide bonds. The molecular formula is C19H25N5O2. The molecule has 3 N–H and O–H groups in total. The van der Waals surface area contributed by atoms with Crippen molar-refractivity contribution < 1.29 is 9.53 Å². The Labute approximate surface area is 152 Å². The van der Waals surface area contributed by atoms with E-state index in [0.29, 0.717) is 35.3 Å². The molecule has 0 radical (unpaired) electrons. The highest BCUT2D eigenvalue weighted by atomic mass is 16.5. The lowest BCUT2D eigenvalue weighted by atomic mass is 10.2. The van der Waals surface area contributed by atoms with Gasteiger partial charge in [0.05, 0.1) is 23.7 Å². The third kappa shape index (κ3) is 3.00. The number of hydrogen-bond acceptors (Lipinski definition) is 4. The highest BCUT2D eigenvalue weighted by Crippen LogP contribution is 2.35. The molecule has 0 saturated carbocycles. The molecule has 0 atom stereocenters. The summed E-state index contributed by atoms with van der Waals surface area (Å²) < 4.78 is 9.44. The van der Waals surface area contributed by atoms with Crippen molar-refractivity contribution in [1.82, 2.24) is 19.4 Å². The van der Waals surface area contributed by atoms with Gasteiger partial charge in [0.2, 0.25) is 0 Å². The van der Waals surface area contributed by atoms with Gasteiger partial charge in [-0.15, -0.1) is 0 Å². The number of hydrogen-bond donors (Lipinski definition) is 2. The fourth-order valence-electron chi connectivity index (χ4n) is 3.05. The third-order valence-electron chi connectivity index (χ3n) is 4.37. The minimum absolute atomic E-state index is 0.152. The Morgan fingerprint density at radius 2 is 2.08 bits per heavy atom. The van der Waals surface area contributed by atoms with Gasteiger partial charge < -0.3 is 24.9 Å². The average molecular weight is 355 g/mol. The SMILES string of the molecule is COc1c(C(=O)NCC(C)C)cn(C)c1-c1nc2cc(N)ccc2n1C. The number of nitrogens with zero attached hydrogens (tertiary/aromatic N) is 3. The summed E-state index contributed by atoms with van der Waals surface area (Å²) in [6.45, 7) is 4.72. The lowest BCUT2D eigenvalue weighted by Crippen LogP contribution is -2.27. The van der Waals surface area contributed by atoms with Gasteiger partial charge in [0.1, 0.15) is 5.69 Å². The van der Waals surface area contributed by atoms with Crippen LogP contribution in [0.2, 0.25) is 0 Å². The minimum atomic E-state index is -0.152. The Morgan fingerprint density at radius 1 is 1.35 bits per heavy atom. The Balaban J connectivity index is 2.11. The maximum Gasteiger partial charge on any atom is 0.256 e. The van der Waals surface area contributed by atoms with Crippen LogP contribution in [0.5, 0.6) is 5.75 Å². The van der Waals surface area contributed by atoms with Crippen molar-refractivity contribution in [2.24, 2.45) is 20.0 Å². The summed E-state index contributed by atoms with van der Waals surface area (Å²) in [4.78, 5) is 17.3. The van der Waals surface area contributed by atoms with Crippen molar-refractivity contribution in [1.29, 1.82) is 0 Å². The van der Waals surface area contributed by atoms with Gasteiger partial charge in [-0.25, -0.2) is 4.98 Å². The van der Waals surface area contributed by atoms with E-state index in [9.17, 15) is 4.79 Å². The van der Waals surface area contributed by atoms with Crippen LogP contribution < -0.4 is 15.8 Å². The van der Waals surface area contributed by atoms with Gasteiger partial charge >= 0.3 is 0 Å². The summed E-state index contributed by atoms with van der Waals surface area (Å²) >= 11 is 0. The zero-order chi connectivity index (χ0) is 19.0. The summed E-state index contributed by atoms with van der Waals surface area (Å²) in [5, 5.41) is 2.94. The molecule has 0 bridgehead atoms. The number of amides is 1. The third-order valence-corrected chi connectivity index (χ3v) is 4.37. The Bertz CT molecular complexity index is 968. The van der Waals surface area contributed by atoms with Crippen LogP contribution in [-0.2, 0) is 14.1 Å². The first-order valence-corrected chi connectivity index (χ1v) is 8.57. The first-order valence-electron chi connectivity index (χ1n) is 8.57. The van der Waals surface area contributed by atoms with Gasteiger partial charge in [-0.2, -0.15) is 0 Å². The second kappa shape index (κ2) is 6.74. The molecule has 0 fully saturated rings. The number of nitrogens with one attached hydrogen (secondary N) is 1. The number of imidazole rings is 1. The summed E-state index contributed by atoms with van der Waals surface area (Å²) in [7, 11) is 5.38. The number of anilines is 1. The maximum absolute atomic E-state index is 12.6. The topological polar surface area (TPSA) is 87.1 Å². The molecule has 7 nitrogen and oxygen atoms in total. The highest BCUT2D eigenvalue weighted by Gasteiger charge is 2.25. The first-order chi connectivity index (χ1) is 12.3. The van der Waals surface area contributed by atoms with E-state index in [0.717, 1.165) is 16.7 Å². The van der Waals surface area contributed by atoms with Crippen molar-refractivity contribution in [2.75, 3.05) is 19.4 Å². The Morgan fingerprint density at radius 3 is 2.73 bits per heavy atom. The Hall–Kier alpha value is -2.96. The molecule has 0 spiro atoms. The predicted molar refractivity (Wildman–Crippen MR) is 103 cm³/mol. The van der Waals surface area contributed by atoms with E-state index in [-0.39, 0.29) is 5.91 Å². The van der Waals surface area contributed by atoms with Crippen LogP contribution in [0.15, 0.2) is 24.4 Å². The lowest BCUT2D eigenvalue weighted by Gasteiger charge is -2.09. The molecule has 2 heterocycles. The molecule has 0 aliphatic carbocycles. The maximum atomic E-state index is 12.6. The number of carbonyl (C=O) groups excluding carboxylic acids is 1. The minimum Gasteiger partial charge on any atom is -0.494 e. The van der Waals surface area contributed by atoms with Crippen LogP contribution in [0.1, 0.15) is 24.2 Å². The number of methoxy groups -OCH3 is 1. The average Bonchev–Trinajstić information content (AvgIpc) is 3.08. The van der Waals surface area contributed by atoms with E-state index >= 15 is 0 Å². The van der Waals surface area contributed by atoms with Crippen LogP contribution >= 0.6 is 0 Å². The molecular weight excluding hydrogens is 330 g/mol. The molecule has 138 valence electrons. The quantitative estimate of drug-likeness (QED) is 0.689. The van der Waals surface area contributed by atoms with Crippen molar-refractivity contribution in [2.45, 2.75) is 13.8 Å². The number of fused-ring (bicyclic) bond motifs is 1. The number of nitrogen functional groups attached to an aromatic ring is 1. The molecule has 1 aromatic carbocycles. The van der Waals surface area contributed by atoms with Gasteiger partial charge in [0, 0.05) is 32.5 Å².